The molecule has 0 spiro atoms. The molecule has 3 radical (unpaired) electrons. The van der Waals surface area contributed by atoms with E-state index in [9.17, 15) is 0 Å². The summed E-state index contributed by atoms with van der Waals surface area (Å²) in [5.41, 5.74) is 0. The van der Waals surface area contributed by atoms with Gasteiger partial charge in [-0.25, -0.2) is 5.14 Å². The van der Waals surface area contributed by atoms with Crippen molar-refractivity contribution in [2.75, 3.05) is 0 Å². The van der Waals surface area contributed by atoms with E-state index >= 15 is 0 Å². The second kappa shape index (κ2) is 2.08. The van der Waals surface area contributed by atoms with Gasteiger partial charge in [-0.05, 0) is 0 Å². The van der Waals surface area contributed by atoms with E-state index < -0.39 is 10.3 Å². The van der Waals surface area contributed by atoms with Gasteiger partial charge in [-0.1, -0.05) is 0 Å². The van der Waals surface area contributed by atoms with E-state index in [-0.39, 0.29) is 6.15 Å². The van der Waals surface area contributed by atoms with Crippen molar-refractivity contribution in [2.45, 2.75) is 0 Å². The molecule has 0 heterocycles. The molecule has 0 saturated heterocycles. The Kier molecular flexibility index (Phi) is 3.22. The molecular formula is H3N2O3S. The summed E-state index contributed by atoms with van der Waals surface area (Å²) in [5.74, 6) is 0. The van der Waals surface area contributed by atoms with Gasteiger partial charge in [0, 0.05) is 6.15 Å². The van der Waals surface area contributed by atoms with Crippen molar-refractivity contribution in [1.29, 1.82) is 0 Å². The maximum absolute atomic E-state index is 8.97. The van der Waals surface area contributed by atoms with Crippen molar-refractivity contribution in [3.8, 4) is 0 Å². The van der Waals surface area contributed by atoms with Gasteiger partial charge in [0.1, 0.15) is 0 Å². The van der Waals surface area contributed by atoms with Gasteiger partial charge in [-0.2, -0.15) is 8.42 Å². The van der Waals surface area contributed by atoms with Crippen LogP contribution in [0.2, 0.25) is 0 Å². The van der Waals surface area contributed by atoms with E-state index in [0.717, 1.165) is 0 Å². The Bertz CT molecular complexity index is 92.0. The maximum Gasteiger partial charge on any atom is 0.330 e. The van der Waals surface area contributed by atoms with Crippen molar-refractivity contribution < 1.29 is 13.0 Å². The summed E-state index contributed by atoms with van der Waals surface area (Å²) >= 11 is 0. The second-order valence-corrected chi connectivity index (χ2v) is 1.54. The minimum atomic E-state index is -4.17. The van der Waals surface area contributed by atoms with Gasteiger partial charge in [0.2, 0.25) is 0 Å². The SMILES string of the molecule is NS(=O)(=O)O.[N]. The van der Waals surface area contributed by atoms with Crippen LogP contribution in [0.3, 0.4) is 0 Å². The van der Waals surface area contributed by atoms with Crippen LogP contribution in [0.15, 0.2) is 0 Å². The molecule has 3 N–H and O–H groups in total. The molecule has 0 amide bonds. The maximum atomic E-state index is 8.97. The van der Waals surface area contributed by atoms with Gasteiger partial charge in [-0.3, -0.25) is 4.55 Å². The monoisotopic (exact) mass is 111 g/mol. The Morgan fingerprint density at radius 2 is 1.50 bits per heavy atom. The first-order valence-electron chi connectivity index (χ1n) is 0.752. The summed E-state index contributed by atoms with van der Waals surface area (Å²) in [4.78, 5) is 0. The van der Waals surface area contributed by atoms with Crippen LogP contribution in [0.4, 0.5) is 0 Å². The highest BCUT2D eigenvalue weighted by Gasteiger charge is 1.81. The number of nitrogens with zero attached hydrogens (tertiary/aromatic N) is 1. The molecule has 0 aliphatic rings. The van der Waals surface area contributed by atoms with Crippen molar-refractivity contribution in [3.05, 3.63) is 0 Å². The zero-order valence-electron chi connectivity index (χ0n) is 2.70. The lowest BCUT2D eigenvalue weighted by atomic mass is 13.9. The largest absolute Gasteiger partial charge is 0.330 e. The first-order chi connectivity index (χ1) is 2.00. The Labute approximate surface area is 35.6 Å². The molecule has 37 valence electrons. The van der Waals surface area contributed by atoms with Crippen LogP contribution in [0.5, 0.6) is 0 Å². The number of nitrogens with two attached hydrogens (primary N) is 1. The van der Waals surface area contributed by atoms with E-state index in [0.29, 0.717) is 0 Å². The highest BCUT2D eigenvalue weighted by molar-refractivity contribution is 7.83. The lowest BCUT2D eigenvalue weighted by Crippen LogP contribution is -2.08. The van der Waals surface area contributed by atoms with Crippen LogP contribution in [-0.2, 0) is 10.3 Å². The molecule has 0 saturated carbocycles. The van der Waals surface area contributed by atoms with E-state index in [4.69, 9.17) is 13.0 Å². The van der Waals surface area contributed by atoms with Gasteiger partial charge in [0.05, 0.1) is 0 Å². The molecular weight excluding hydrogens is 108 g/mol. The fourth-order valence-electron chi connectivity index (χ4n) is 0. The van der Waals surface area contributed by atoms with Gasteiger partial charge in [-0.15, -0.1) is 0 Å². The van der Waals surface area contributed by atoms with Crippen molar-refractivity contribution in [3.63, 3.8) is 0 Å². The number of hydrogen-bond acceptors (Lipinski definition) is 2. The van der Waals surface area contributed by atoms with Crippen LogP contribution >= 0.6 is 0 Å². The summed E-state index contributed by atoms with van der Waals surface area (Å²) in [6, 6.07) is 0. The minimum Gasteiger partial charge on any atom is -0.274 e. The van der Waals surface area contributed by atoms with Crippen molar-refractivity contribution in [2.24, 2.45) is 5.14 Å². The van der Waals surface area contributed by atoms with Crippen LogP contribution in [0.25, 0.3) is 0 Å². The highest BCUT2D eigenvalue weighted by Crippen LogP contribution is 1.50. The quantitative estimate of drug-likeness (QED) is 0.362. The molecule has 0 aromatic heterocycles. The summed E-state index contributed by atoms with van der Waals surface area (Å²) in [6.07, 6.45) is 0. The van der Waals surface area contributed by atoms with Crippen LogP contribution in [0, 0.1) is 0 Å². The van der Waals surface area contributed by atoms with Gasteiger partial charge in [0.15, 0.2) is 0 Å². The molecule has 0 aromatic rings. The lowest BCUT2D eigenvalue weighted by molar-refractivity contribution is 0.485. The highest BCUT2D eigenvalue weighted by atomic mass is 32.2. The van der Waals surface area contributed by atoms with E-state index in [1.165, 1.54) is 0 Å². The standard InChI is InChI=1S/H3NO3S.N/c1-5(2,3)4;/h(H3,1,2,3,4);. The molecule has 6 heteroatoms. The normalized spacial score (nSPS) is 9.67. The predicted octanol–water partition coefficient (Wildman–Crippen LogP) is -1.73. The molecule has 0 aliphatic carbocycles. The third-order valence-electron chi connectivity index (χ3n) is 0. The zero-order valence-corrected chi connectivity index (χ0v) is 3.51. The molecule has 6 heavy (non-hydrogen) atoms. The van der Waals surface area contributed by atoms with Crippen LogP contribution in [-0.4, -0.2) is 13.0 Å². The third-order valence-corrected chi connectivity index (χ3v) is 0. The van der Waals surface area contributed by atoms with Gasteiger partial charge in [0.25, 0.3) is 0 Å². The molecule has 0 rings (SSSR count). The van der Waals surface area contributed by atoms with Crippen molar-refractivity contribution in [1.82, 2.24) is 6.15 Å². The molecule has 0 atom stereocenters. The summed E-state index contributed by atoms with van der Waals surface area (Å²) in [7, 11) is -4.17. The Morgan fingerprint density at radius 3 is 1.50 bits per heavy atom. The molecule has 0 bridgehead atoms. The predicted molar refractivity (Wildman–Crippen MR) is 17.9 cm³/mol. The summed E-state index contributed by atoms with van der Waals surface area (Å²) in [6.45, 7) is 0. The van der Waals surface area contributed by atoms with E-state index in [1.54, 1.807) is 0 Å². The average Bonchev–Trinajstić information content (AvgIpc) is 0.722. The molecule has 5 nitrogen and oxygen atoms in total. The lowest BCUT2D eigenvalue weighted by Gasteiger charge is -1.70. The zero-order chi connectivity index (χ0) is 4.50. The summed E-state index contributed by atoms with van der Waals surface area (Å²) in [5, 5.41) is 3.88. The Balaban J connectivity index is 0. The van der Waals surface area contributed by atoms with Crippen molar-refractivity contribution >= 4 is 10.3 Å². The van der Waals surface area contributed by atoms with E-state index in [2.05, 4.69) is 5.14 Å². The van der Waals surface area contributed by atoms with Gasteiger partial charge >= 0.3 is 10.3 Å². The van der Waals surface area contributed by atoms with Crippen LogP contribution in [0.1, 0.15) is 0 Å². The molecule has 0 unspecified atom stereocenters. The van der Waals surface area contributed by atoms with Crippen LogP contribution < -0.4 is 11.3 Å². The third kappa shape index (κ3) is 1060. The number of hydrogen-bond donors (Lipinski definition) is 2. The van der Waals surface area contributed by atoms with Gasteiger partial charge < -0.3 is 0 Å². The fraction of sp³-hybridized carbons (Fsp3) is 0. The second-order valence-electron chi connectivity index (χ2n) is 0.515. The molecule has 0 aliphatic heterocycles. The number of rotatable bonds is 0. The average molecular weight is 111 g/mol. The molecule has 0 fully saturated rings. The first-order valence-corrected chi connectivity index (χ1v) is 2.25. The first kappa shape index (κ1) is 9.27. The molecule has 0 aromatic carbocycles. The summed E-state index contributed by atoms with van der Waals surface area (Å²) < 4.78 is 25.2. The topological polar surface area (TPSA) is 111 Å². The Morgan fingerprint density at radius 1 is 1.50 bits per heavy atom. The fourth-order valence-corrected chi connectivity index (χ4v) is 0. The minimum absolute atomic E-state index is 0. The Hall–Kier alpha value is -0.170. The van der Waals surface area contributed by atoms with E-state index in [1.807, 2.05) is 0 Å². The smallest absolute Gasteiger partial charge is 0.274 e.